The number of imidazole rings is 1. The minimum absolute atomic E-state index is 0.0688. The number of hydrogen-bond acceptors (Lipinski definition) is 9. The second-order valence-corrected chi connectivity index (χ2v) is 11.1. The van der Waals surface area contributed by atoms with E-state index in [-0.39, 0.29) is 5.92 Å². The minimum atomic E-state index is -1.08. The predicted molar refractivity (Wildman–Crippen MR) is 167 cm³/mol. The average molecular weight is 592 g/mol. The number of nitrogens with zero attached hydrogens (tertiary/aromatic N) is 8. The lowest BCUT2D eigenvalue weighted by molar-refractivity contribution is 0.00473. The molecule has 3 aromatic heterocycles. The molecule has 0 radical (unpaired) electrons. The molecular weight excluding hydrogens is 554 g/mol. The van der Waals surface area contributed by atoms with Gasteiger partial charge in [-0.15, -0.1) is 10.2 Å². The van der Waals surface area contributed by atoms with Crippen LogP contribution in [0.3, 0.4) is 0 Å². The Morgan fingerprint density at radius 3 is 2.32 bits per heavy atom. The smallest absolute Gasteiger partial charge is 0.208 e. The summed E-state index contributed by atoms with van der Waals surface area (Å²) in [6.45, 7) is 4.64. The molecule has 4 atom stereocenters. The summed E-state index contributed by atoms with van der Waals surface area (Å²) in [5.74, 6) is 7.94. The number of unbranched alkanes of at least 4 members (excludes halogenated alkanes) is 2. The first-order valence-electron chi connectivity index (χ1n) is 15.3. The molecule has 0 bridgehead atoms. The highest BCUT2D eigenvalue weighted by Gasteiger charge is 2.45. The van der Waals surface area contributed by atoms with Crippen molar-refractivity contribution < 1.29 is 10.2 Å². The van der Waals surface area contributed by atoms with Crippen molar-refractivity contribution in [2.45, 2.75) is 76.2 Å². The van der Waals surface area contributed by atoms with Gasteiger partial charge in [-0.3, -0.25) is 0 Å². The zero-order valence-electron chi connectivity index (χ0n) is 25.0. The standard InChI is InChI=1S/C33H37N9O2/c1-3-5-6-13-18-28-36-32(34-20-24(22-14-9-7-10-15-22)23-16-11-8-12-17-23)29-33(37-28)41(21-35-29)25-19-26(31(44)30(25)43)42-39-27(4-2)38-40-42/h7-12,14-17,21,24-26,30-31,43-44H,3-6,19-20H2,1-2H3,(H,34,36,37)/t25-,26?,30+,31-/m1/s1. The number of aliphatic hydroxyl groups is 2. The summed E-state index contributed by atoms with van der Waals surface area (Å²) in [5.41, 5.74) is 3.48. The Morgan fingerprint density at radius 1 is 0.955 bits per heavy atom. The van der Waals surface area contributed by atoms with Crippen LogP contribution in [0.5, 0.6) is 0 Å². The average Bonchev–Trinajstić information content (AvgIpc) is 3.78. The number of fused-ring (bicyclic) bond motifs is 1. The van der Waals surface area contributed by atoms with Gasteiger partial charge in [-0.05, 0) is 35.1 Å². The van der Waals surface area contributed by atoms with Crippen LogP contribution in [-0.2, 0) is 6.42 Å². The van der Waals surface area contributed by atoms with Crippen molar-refractivity contribution in [1.82, 2.24) is 39.7 Å². The van der Waals surface area contributed by atoms with Gasteiger partial charge < -0.3 is 20.1 Å². The maximum absolute atomic E-state index is 11.2. The zero-order chi connectivity index (χ0) is 30.5. The number of nitrogens with one attached hydrogen (secondary N) is 1. The van der Waals surface area contributed by atoms with Gasteiger partial charge in [0.15, 0.2) is 22.8 Å². The first-order chi connectivity index (χ1) is 21.6. The van der Waals surface area contributed by atoms with E-state index < -0.39 is 24.3 Å². The number of anilines is 1. The summed E-state index contributed by atoms with van der Waals surface area (Å²) in [6, 6.07) is 19.7. The van der Waals surface area contributed by atoms with Crippen LogP contribution in [-0.4, -0.2) is 68.7 Å². The van der Waals surface area contributed by atoms with Gasteiger partial charge in [0, 0.05) is 25.3 Å². The highest BCUT2D eigenvalue weighted by molar-refractivity contribution is 5.83. The Kier molecular flexibility index (Phi) is 8.91. The molecule has 3 N–H and O–H groups in total. The second-order valence-electron chi connectivity index (χ2n) is 11.1. The van der Waals surface area contributed by atoms with Crippen molar-refractivity contribution in [2.75, 3.05) is 11.9 Å². The Labute approximate surface area is 256 Å². The van der Waals surface area contributed by atoms with E-state index in [0.717, 1.165) is 19.3 Å². The van der Waals surface area contributed by atoms with Crippen LogP contribution in [0, 0.1) is 11.8 Å². The van der Waals surface area contributed by atoms with Gasteiger partial charge in [0.1, 0.15) is 18.2 Å². The molecule has 3 heterocycles. The fourth-order valence-electron chi connectivity index (χ4n) is 5.77. The molecule has 0 aliphatic heterocycles. The number of tetrazole rings is 1. The summed E-state index contributed by atoms with van der Waals surface area (Å²) < 4.78 is 1.82. The number of aromatic nitrogens is 8. The van der Waals surface area contributed by atoms with Crippen molar-refractivity contribution in [1.29, 1.82) is 0 Å². The molecule has 0 amide bonds. The third kappa shape index (κ3) is 6.04. The minimum Gasteiger partial charge on any atom is -0.388 e. The molecule has 0 spiro atoms. The number of benzene rings is 2. The van der Waals surface area contributed by atoms with Crippen LogP contribution in [0.15, 0.2) is 67.0 Å². The lowest BCUT2D eigenvalue weighted by atomic mass is 9.91. The van der Waals surface area contributed by atoms with Crippen LogP contribution < -0.4 is 5.32 Å². The van der Waals surface area contributed by atoms with Crippen LogP contribution in [0.4, 0.5) is 5.82 Å². The first-order valence-corrected chi connectivity index (χ1v) is 15.3. The van der Waals surface area contributed by atoms with Crippen LogP contribution in [0.25, 0.3) is 11.2 Å². The second kappa shape index (κ2) is 13.3. The molecule has 44 heavy (non-hydrogen) atoms. The van der Waals surface area contributed by atoms with Gasteiger partial charge in [-0.2, -0.15) is 4.80 Å². The van der Waals surface area contributed by atoms with Gasteiger partial charge in [0.05, 0.1) is 12.4 Å². The van der Waals surface area contributed by atoms with Gasteiger partial charge in [0.25, 0.3) is 0 Å². The van der Waals surface area contributed by atoms with E-state index in [2.05, 4.69) is 63.8 Å². The lowest BCUT2D eigenvalue weighted by Gasteiger charge is -2.20. The van der Waals surface area contributed by atoms with Crippen LogP contribution in [0.1, 0.15) is 80.3 Å². The Morgan fingerprint density at radius 2 is 1.66 bits per heavy atom. The van der Waals surface area contributed by atoms with E-state index >= 15 is 0 Å². The topological polar surface area (TPSA) is 140 Å². The molecule has 6 rings (SSSR count). The van der Waals surface area contributed by atoms with Crippen molar-refractivity contribution in [3.05, 3.63) is 89.8 Å². The number of rotatable bonds is 10. The molecule has 11 heteroatoms. The largest absolute Gasteiger partial charge is 0.388 e. The van der Waals surface area contributed by atoms with E-state index in [4.69, 9.17) is 15.0 Å². The van der Waals surface area contributed by atoms with Crippen LogP contribution >= 0.6 is 0 Å². The highest BCUT2D eigenvalue weighted by Crippen LogP contribution is 2.39. The lowest BCUT2D eigenvalue weighted by Crippen LogP contribution is -2.31. The van der Waals surface area contributed by atoms with E-state index in [9.17, 15) is 10.2 Å². The van der Waals surface area contributed by atoms with E-state index in [1.54, 1.807) is 6.33 Å². The maximum Gasteiger partial charge on any atom is 0.208 e. The van der Waals surface area contributed by atoms with Crippen molar-refractivity contribution in [3.8, 4) is 11.8 Å². The molecule has 1 fully saturated rings. The highest BCUT2D eigenvalue weighted by atomic mass is 16.3. The molecule has 1 aliphatic carbocycles. The fraction of sp³-hybridized carbons (Fsp3) is 0.394. The fourth-order valence-corrected chi connectivity index (χ4v) is 5.77. The molecule has 1 saturated carbocycles. The molecule has 226 valence electrons. The van der Waals surface area contributed by atoms with Gasteiger partial charge in [0.2, 0.25) is 5.82 Å². The Hall–Kier alpha value is -4.66. The van der Waals surface area contributed by atoms with Crippen molar-refractivity contribution >= 4 is 17.0 Å². The number of aliphatic hydroxyl groups excluding tert-OH is 2. The SMILES string of the molecule is CCCCC#Cc1nc(NCC(c2ccccc2)c2ccccc2)c2ncn([C@@H]3CC(n4nnc(CC)n4)[C@@H](O)[C@H]3O)c2n1. The Bertz CT molecular complexity index is 1700. The van der Waals surface area contributed by atoms with E-state index in [1.165, 1.54) is 15.9 Å². The molecule has 1 unspecified atom stereocenters. The number of aryl methyl sites for hydroxylation is 1. The first kappa shape index (κ1) is 29.4. The normalized spacial score (nSPS) is 19.8. The summed E-state index contributed by atoms with van der Waals surface area (Å²) in [6.07, 6.45) is 3.30. The third-order valence-corrected chi connectivity index (χ3v) is 8.22. The quantitative estimate of drug-likeness (QED) is 0.162. The molecule has 0 saturated heterocycles. The number of hydrogen-bond donors (Lipinski definition) is 3. The van der Waals surface area contributed by atoms with Crippen molar-refractivity contribution in [2.24, 2.45) is 0 Å². The summed E-state index contributed by atoms with van der Waals surface area (Å²) >= 11 is 0. The Balaban J connectivity index is 1.35. The predicted octanol–water partition coefficient (Wildman–Crippen LogP) is 4.07. The van der Waals surface area contributed by atoms with E-state index in [1.807, 2.05) is 47.9 Å². The van der Waals surface area contributed by atoms with Crippen molar-refractivity contribution in [3.63, 3.8) is 0 Å². The molecule has 1 aliphatic rings. The molecule has 2 aromatic carbocycles. The van der Waals surface area contributed by atoms with Gasteiger partial charge in [-0.1, -0.05) is 86.9 Å². The monoisotopic (exact) mass is 591 g/mol. The van der Waals surface area contributed by atoms with Crippen LogP contribution in [0.2, 0.25) is 0 Å². The molecule has 11 nitrogen and oxygen atoms in total. The van der Waals surface area contributed by atoms with Gasteiger partial charge >= 0.3 is 0 Å². The third-order valence-electron chi connectivity index (χ3n) is 8.22. The van der Waals surface area contributed by atoms with E-state index in [0.29, 0.717) is 48.0 Å². The summed E-state index contributed by atoms with van der Waals surface area (Å²) in [4.78, 5) is 15.7. The summed E-state index contributed by atoms with van der Waals surface area (Å²) in [7, 11) is 0. The van der Waals surface area contributed by atoms with Gasteiger partial charge in [-0.25, -0.2) is 15.0 Å². The maximum atomic E-state index is 11.2. The molecule has 5 aromatic rings. The molecular formula is C33H37N9O2. The summed E-state index contributed by atoms with van der Waals surface area (Å²) in [5, 5.41) is 38.3. The zero-order valence-corrected chi connectivity index (χ0v) is 25.0.